The summed E-state index contributed by atoms with van der Waals surface area (Å²) in [4.78, 5) is 15.4. The first kappa shape index (κ1) is 12.8. The molecule has 1 aliphatic rings. The van der Waals surface area contributed by atoms with Crippen molar-refractivity contribution in [2.24, 2.45) is 0 Å². The van der Waals surface area contributed by atoms with Gasteiger partial charge in [0, 0.05) is 16.4 Å². The van der Waals surface area contributed by atoms with Crippen molar-refractivity contribution in [2.45, 2.75) is 10.1 Å². The molecule has 3 rings (SSSR count). The zero-order chi connectivity index (χ0) is 13.4. The Balaban J connectivity index is 2.07. The summed E-state index contributed by atoms with van der Waals surface area (Å²) in [6, 6.07) is 15.9. The van der Waals surface area contributed by atoms with Gasteiger partial charge in [0.2, 0.25) is 5.91 Å². The van der Waals surface area contributed by atoms with Crippen LogP contribution in [0.2, 0.25) is 0 Å². The molecule has 0 N–H and O–H groups in total. The minimum absolute atomic E-state index is 0.121. The predicted molar refractivity (Wildman–Crippen MR) is 82.6 cm³/mol. The fraction of sp³-hybridized carbons (Fsp3) is 0.133. The molecular formula is C15H12BrNOS. The van der Waals surface area contributed by atoms with Crippen LogP contribution in [-0.4, -0.2) is 13.0 Å². The summed E-state index contributed by atoms with van der Waals surface area (Å²) in [6.45, 7) is 0. The van der Waals surface area contributed by atoms with Crippen LogP contribution in [0.3, 0.4) is 0 Å². The molecule has 0 radical (unpaired) electrons. The Labute approximate surface area is 124 Å². The molecule has 19 heavy (non-hydrogen) atoms. The maximum Gasteiger partial charge on any atom is 0.244 e. The van der Waals surface area contributed by atoms with Crippen LogP contribution in [0, 0.1) is 0 Å². The highest BCUT2D eigenvalue weighted by atomic mass is 79.9. The second kappa shape index (κ2) is 5.02. The molecule has 0 fully saturated rings. The van der Waals surface area contributed by atoms with Gasteiger partial charge in [-0.05, 0) is 23.8 Å². The van der Waals surface area contributed by atoms with Crippen LogP contribution in [0.1, 0.15) is 10.8 Å². The van der Waals surface area contributed by atoms with E-state index in [2.05, 4.69) is 22.0 Å². The Morgan fingerprint density at radius 2 is 1.79 bits per heavy atom. The first-order valence-electron chi connectivity index (χ1n) is 5.96. The van der Waals surface area contributed by atoms with Gasteiger partial charge in [-0.15, -0.1) is 11.8 Å². The van der Waals surface area contributed by atoms with Crippen molar-refractivity contribution in [3.8, 4) is 0 Å². The quantitative estimate of drug-likeness (QED) is 0.777. The van der Waals surface area contributed by atoms with Gasteiger partial charge in [-0.25, -0.2) is 0 Å². The van der Waals surface area contributed by atoms with Gasteiger partial charge in [0.25, 0.3) is 0 Å². The average Bonchev–Trinajstić information content (AvgIpc) is 2.44. The van der Waals surface area contributed by atoms with Crippen molar-refractivity contribution < 1.29 is 4.79 Å². The number of nitrogens with zero attached hydrogens (tertiary/aromatic N) is 1. The van der Waals surface area contributed by atoms with Gasteiger partial charge in [0.1, 0.15) is 5.25 Å². The first-order valence-corrected chi connectivity index (χ1v) is 7.63. The van der Waals surface area contributed by atoms with Gasteiger partial charge in [-0.1, -0.05) is 46.3 Å². The highest BCUT2D eigenvalue weighted by Gasteiger charge is 2.33. The van der Waals surface area contributed by atoms with Crippen LogP contribution in [0.5, 0.6) is 0 Å². The molecule has 1 unspecified atom stereocenters. The number of para-hydroxylation sites is 1. The number of carbonyl (C=O) groups excluding carboxylic acids is 1. The molecule has 1 amide bonds. The molecule has 2 aromatic rings. The third kappa shape index (κ3) is 2.19. The summed E-state index contributed by atoms with van der Waals surface area (Å²) >= 11 is 5.15. The van der Waals surface area contributed by atoms with Gasteiger partial charge < -0.3 is 4.90 Å². The van der Waals surface area contributed by atoms with Gasteiger partial charge >= 0.3 is 0 Å². The number of halogens is 1. The SMILES string of the molecule is CN1C(=O)C(c2ccccc2Br)Sc2ccccc21. The maximum atomic E-state index is 12.5. The molecule has 0 spiro atoms. The number of thioether (sulfide) groups is 1. The summed E-state index contributed by atoms with van der Waals surface area (Å²) < 4.78 is 0.980. The molecule has 2 nitrogen and oxygen atoms in total. The highest BCUT2D eigenvalue weighted by molar-refractivity contribution is 9.10. The summed E-state index contributed by atoms with van der Waals surface area (Å²) in [7, 11) is 1.84. The van der Waals surface area contributed by atoms with E-state index in [0.717, 1.165) is 20.6 Å². The smallest absolute Gasteiger partial charge is 0.244 e. The van der Waals surface area contributed by atoms with E-state index in [1.165, 1.54) is 0 Å². The molecule has 1 aliphatic heterocycles. The van der Waals surface area contributed by atoms with Crippen molar-refractivity contribution in [1.82, 2.24) is 0 Å². The number of carbonyl (C=O) groups is 1. The zero-order valence-corrected chi connectivity index (χ0v) is 12.7. The number of fused-ring (bicyclic) bond motifs is 1. The number of benzene rings is 2. The average molecular weight is 334 g/mol. The third-order valence-electron chi connectivity index (χ3n) is 3.21. The van der Waals surface area contributed by atoms with Crippen LogP contribution in [0.15, 0.2) is 57.9 Å². The fourth-order valence-corrected chi connectivity index (χ4v) is 4.18. The Bertz CT molecular complexity index is 644. The molecule has 2 aromatic carbocycles. The third-order valence-corrected chi connectivity index (χ3v) is 5.23. The molecule has 0 saturated carbocycles. The van der Waals surface area contributed by atoms with Gasteiger partial charge in [-0.2, -0.15) is 0 Å². The molecule has 1 heterocycles. The van der Waals surface area contributed by atoms with Crippen molar-refractivity contribution in [3.63, 3.8) is 0 Å². The lowest BCUT2D eigenvalue weighted by Crippen LogP contribution is -2.33. The van der Waals surface area contributed by atoms with Gasteiger partial charge in [-0.3, -0.25) is 4.79 Å². The van der Waals surface area contributed by atoms with Crippen LogP contribution < -0.4 is 4.90 Å². The van der Waals surface area contributed by atoms with Crippen LogP contribution >= 0.6 is 27.7 Å². The normalized spacial score (nSPS) is 18.3. The standard InChI is InChI=1S/C15H12BrNOS/c1-17-12-8-4-5-9-13(12)19-14(15(17)18)10-6-2-3-7-11(10)16/h2-9,14H,1H3. The lowest BCUT2D eigenvalue weighted by Gasteiger charge is -2.31. The molecule has 0 aromatic heterocycles. The summed E-state index contributed by atoms with van der Waals surface area (Å²) in [5.74, 6) is 0.121. The van der Waals surface area contributed by atoms with E-state index < -0.39 is 0 Å². The summed E-state index contributed by atoms with van der Waals surface area (Å²) in [5.41, 5.74) is 2.01. The highest BCUT2D eigenvalue weighted by Crippen LogP contribution is 2.47. The minimum Gasteiger partial charge on any atom is -0.313 e. The molecular weight excluding hydrogens is 322 g/mol. The monoisotopic (exact) mass is 333 g/mol. The molecule has 0 aliphatic carbocycles. The molecule has 96 valence electrons. The Kier molecular flexibility index (Phi) is 3.37. The van der Waals surface area contributed by atoms with Gasteiger partial charge in [0.15, 0.2) is 0 Å². The Hall–Kier alpha value is -1.26. The predicted octanol–water partition coefficient (Wildman–Crippen LogP) is 4.26. The van der Waals surface area contributed by atoms with E-state index in [0.29, 0.717) is 0 Å². The number of anilines is 1. The Morgan fingerprint density at radius 1 is 1.11 bits per heavy atom. The second-order valence-corrected chi connectivity index (χ2v) is 6.39. The lowest BCUT2D eigenvalue weighted by molar-refractivity contribution is -0.118. The van der Waals surface area contributed by atoms with Crippen molar-refractivity contribution >= 4 is 39.3 Å². The van der Waals surface area contributed by atoms with E-state index in [1.54, 1.807) is 16.7 Å². The van der Waals surface area contributed by atoms with Crippen LogP contribution in [0.25, 0.3) is 0 Å². The molecule has 0 bridgehead atoms. The van der Waals surface area contributed by atoms with E-state index in [-0.39, 0.29) is 11.2 Å². The van der Waals surface area contributed by atoms with Crippen molar-refractivity contribution in [3.05, 3.63) is 58.6 Å². The van der Waals surface area contributed by atoms with E-state index >= 15 is 0 Å². The van der Waals surface area contributed by atoms with E-state index in [9.17, 15) is 4.79 Å². The molecule has 4 heteroatoms. The van der Waals surface area contributed by atoms with E-state index in [1.807, 2.05) is 49.5 Å². The number of hydrogen-bond acceptors (Lipinski definition) is 2. The number of likely N-dealkylation sites (N-methyl/N-ethyl adjacent to an activating group) is 1. The van der Waals surface area contributed by atoms with Crippen LogP contribution in [-0.2, 0) is 4.79 Å². The lowest BCUT2D eigenvalue weighted by atomic mass is 10.1. The second-order valence-electron chi connectivity index (χ2n) is 4.38. The minimum atomic E-state index is -0.185. The summed E-state index contributed by atoms with van der Waals surface area (Å²) in [5, 5.41) is -0.185. The number of rotatable bonds is 1. The van der Waals surface area contributed by atoms with Crippen molar-refractivity contribution in [2.75, 3.05) is 11.9 Å². The molecule has 0 saturated heterocycles. The maximum absolute atomic E-state index is 12.5. The fourth-order valence-electron chi connectivity index (χ4n) is 2.19. The zero-order valence-electron chi connectivity index (χ0n) is 10.3. The van der Waals surface area contributed by atoms with Crippen LogP contribution in [0.4, 0.5) is 5.69 Å². The van der Waals surface area contributed by atoms with E-state index in [4.69, 9.17) is 0 Å². The Morgan fingerprint density at radius 3 is 2.58 bits per heavy atom. The number of hydrogen-bond donors (Lipinski definition) is 0. The largest absolute Gasteiger partial charge is 0.313 e. The van der Waals surface area contributed by atoms with Crippen molar-refractivity contribution in [1.29, 1.82) is 0 Å². The number of amides is 1. The van der Waals surface area contributed by atoms with Gasteiger partial charge in [0.05, 0.1) is 5.69 Å². The first-order chi connectivity index (χ1) is 9.18. The molecule has 1 atom stereocenters. The summed E-state index contributed by atoms with van der Waals surface area (Å²) in [6.07, 6.45) is 0. The topological polar surface area (TPSA) is 20.3 Å².